The molecule has 0 aliphatic rings. The molecule has 0 fully saturated rings. The fourth-order valence-corrected chi connectivity index (χ4v) is 8.52. The average Bonchev–Trinajstić information content (AvgIpc) is 3.31. The predicted octanol–water partition coefficient (Wildman–Crippen LogP) is 19.3. The molecule has 66 heavy (non-hydrogen) atoms. The van der Waals surface area contributed by atoms with E-state index in [1.807, 2.05) is 0 Å². The summed E-state index contributed by atoms with van der Waals surface area (Å²) in [7, 11) is 0. The lowest BCUT2D eigenvalue weighted by Gasteiger charge is -2.18. The third-order valence-corrected chi connectivity index (χ3v) is 12.9. The Hall–Kier alpha value is -2.37. The highest BCUT2D eigenvalue weighted by molar-refractivity contribution is 5.71. The molecule has 0 saturated carbocycles. The van der Waals surface area contributed by atoms with E-state index in [-0.39, 0.29) is 37.5 Å². The molecule has 0 N–H and O–H groups in total. The van der Waals surface area contributed by atoms with Gasteiger partial charge in [-0.25, -0.2) is 0 Å². The van der Waals surface area contributed by atoms with Gasteiger partial charge in [-0.2, -0.15) is 0 Å². The first-order chi connectivity index (χ1) is 32.5. The van der Waals surface area contributed by atoms with Crippen LogP contribution in [0.4, 0.5) is 0 Å². The molecule has 6 heteroatoms. The van der Waals surface area contributed by atoms with Crippen molar-refractivity contribution in [1.82, 2.24) is 0 Å². The normalized spacial score (nSPS) is 12.2. The van der Waals surface area contributed by atoms with Gasteiger partial charge in [0.1, 0.15) is 13.2 Å². The van der Waals surface area contributed by atoms with Crippen molar-refractivity contribution in [1.29, 1.82) is 0 Å². The summed E-state index contributed by atoms with van der Waals surface area (Å²) in [5.74, 6) is -0.921. The van der Waals surface area contributed by atoms with Gasteiger partial charge in [0.2, 0.25) is 0 Å². The van der Waals surface area contributed by atoms with Crippen LogP contribution in [0.1, 0.15) is 310 Å². The number of carbonyl (C=O) groups is 3. The van der Waals surface area contributed by atoms with E-state index >= 15 is 0 Å². The molecule has 0 aliphatic heterocycles. The molecule has 0 spiro atoms. The van der Waals surface area contributed by atoms with E-state index in [1.54, 1.807) is 0 Å². The molecule has 0 aromatic carbocycles. The molecule has 0 bridgehead atoms. The van der Waals surface area contributed by atoms with Gasteiger partial charge in [0.25, 0.3) is 0 Å². The topological polar surface area (TPSA) is 78.9 Å². The maximum Gasteiger partial charge on any atom is 0.306 e. The Bertz CT molecular complexity index is 1110. The maximum atomic E-state index is 12.8. The zero-order valence-corrected chi connectivity index (χ0v) is 44.2. The van der Waals surface area contributed by atoms with Crippen molar-refractivity contribution in [2.24, 2.45) is 0 Å². The van der Waals surface area contributed by atoms with E-state index in [0.717, 1.165) is 57.8 Å². The number of ether oxygens (including phenoxy) is 3. The van der Waals surface area contributed by atoms with Crippen LogP contribution in [0.2, 0.25) is 0 Å². The molecule has 0 aromatic heterocycles. The standard InChI is InChI=1S/C60H110O6/c1-4-7-10-13-16-19-22-25-27-29-31-32-35-38-41-44-47-50-53-59(62)65-56-57(55-64-58(61)52-49-46-43-40-37-34-24-21-18-15-12-9-6-3)66-60(63)54-51-48-45-42-39-36-33-30-28-26-23-20-17-14-11-8-5-2/h26,28,33,36,42,45,57H,4-25,27,29-32,34-35,37-41,43-44,46-56H2,1-3H3/b28-26-,36-33-,45-42-. The van der Waals surface area contributed by atoms with Crippen LogP contribution >= 0.6 is 0 Å². The molecule has 386 valence electrons. The highest BCUT2D eigenvalue weighted by Crippen LogP contribution is 2.17. The second-order valence-corrected chi connectivity index (χ2v) is 19.6. The van der Waals surface area contributed by atoms with Crippen LogP contribution in [-0.2, 0) is 28.6 Å². The minimum Gasteiger partial charge on any atom is -0.462 e. The number of allylic oxidation sites excluding steroid dienone is 6. The van der Waals surface area contributed by atoms with Crippen LogP contribution in [0, 0.1) is 0 Å². The Labute approximate surface area is 410 Å². The van der Waals surface area contributed by atoms with E-state index in [2.05, 4.69) is 57.2 Å². The van der Waals surface area contributed by atoms with Gasteiger partial charge in [-0.15, -0.1) is 0 Å². The SMILES string of the molecule is CCCCCCCC/C=C\C/C=C\C/C=C\CCCC(=O)OC(COC(=O)CCCCCCCCCCCCCCC)COC(=O)CCCCCCCCCCCCCCCCCCCC. The first-order valence-corrected chi connectivity index (χ1v) is 29.0. The molecule has 1 atom stereocenters. The third-order valence-electron chi connectivity index (χ3n) is 12.9. The molecule has 0 aliphatic carbocycles. The summed E-state index contributed by atoms with van der Waals surface area (Å²) in [5, 5.41) is 0. The molecule has 6 nitrogen and oxygen atoms in total. The Balaban J connectivity index is 4.39. The lowest BCUT2D eigenvalue weighted by atomic mass is 10.0. The fraction of sp³-hybridized carbons (Fsp3) is 0.850. The van der Waals surface area contributed by atoms with Crippen molar-refractivity contribution in [2.45, 2.75) is 316 Å². The summed E-state index contributed by atoms with van der Waals surface area (Å²) >= 11 is 0. The number of unbranched alkanes of at least 4 members (excludes halogenated alkanes) is 36. The Kier molecular flexibility index (Phi) is 53.2. The second kappa shape index (κ2) is 55.2. The molecule has 0 rings (SSSR count). The summed E-state index contributed by atoms with van der Waals surface area (Å²) in [4.78, 5) is 38.1. The molecule has 0 amide bonds. The van der Waals surface area contributed by atoms with Crippen molar-refractivity contribution in [3.05, 3.63) is 36.5 Å². The quantitative estimate of drug-likeness (QED) is 0.0262. The largest absolute Gasteiger partial charge is 0.462 e. The molecule has 0 saturated heterocycles. The van der Waals surface area contributed by atoms with Crippen molar-refractivity contribution in [3.63, 3.8) is 0 Å². The van der Waals surface area contributed by atoms with Gasteiger partial charge in [0.15, 0.2) is 6.10 Å². The minimum absolute atomic E-state index is 0.0872. The lowest BCUT2D eigenvalue weighted by molar-refractivity contribution is -0.167. The summed E-state index contributed by atoms with van der Waals surface area (Å²) < 4.78 is 16.8. The summed E-state index contributed by atoms with van der Waals surface area (Å²) in [6.07, 6.45) is 65.7. The molecule has 1 unspecified atom stereocenters. The van der Waals surface area contributed by atoms with E-state index in [4.69, 9.17) is 14.2 Å². The Morgan fingerprint density at radius 1 is 0.303 bits per heavy atom. The van der Waals surface area contributed by atoms with Gasteiger partial charge >= 0.3 is 17.9 Å². The first kappa shape index (κ1) is 63.6. The Morgan fingerprint density at radius 2 is 0.561 bits per heavy atom. The van der Waals surface area contributed by atoms with Crippen molar-refractivity contribution >= 4 is 17.9 Å². The van der Waals surface area contributed by atoms with Gasteiger partial charge in [-0.1, -0.05) is 276 Å². The molecule has 0 heterocycles. The monoisotopic (exact) mass is 927 g/mol. The van der Waals surface area contributed by atoms with Gasteiger partial charge in [-0.3, -0.25) is 14.4 Å². The number of rotatable bonds is 53. The molecular weight excluding hydrogens is 817 g/mol. The second-order valence-electron chi connectivity index (χ2n) is 19.6. The van der Waals surface area contributed by atoms with Crippen LogP contribution in [0.3, 0.4) is 0 Å². The highest BCUT2D eigenvalue weighted by atomic mass is 16.6. The minimum atomic E-state index is -0.794. The zero-order chi connectivity index (χ0) is 47.9. The predicted molar refractivity (Wildman–Crippen MR) is 284 cm³/mol. The number of hydrogen-bond donors (Lipinski definition) is 0. The van der Waals surface area contributed by atoms with E-state index in [1.165, 1.54) is 205 Å². The van der Waals surface area contributed by atoms with Crippen molar-refractivity contribution in [3.8, 4) is 0 Å². The number of carbonyl (C=O) groups excluding carboxylic acids is 3. The van der Waals surface area contributed by atoms with E-state index in [0.29, 0.717) is 19.3 Å². The van der Waals surface area contributed by atoms with Crippen LogP contribution in [0.25, 0.3) is 0 Å². The Morgan fingerprint density at radius 3 is 0.894 bits per heavy atom. The molecule has 0 aromatic rings. The van der Waals surface area contributed by atoms with E-state index < -0.39 is 6.10 Å². The lowest BCUT2D eigenvalue weighted by Crippen LogP contribution is -2.30. The van der Waals surface area contributed by atoms with Crippen molar-refractivity contribution in [2.75, 3.05) is 13.2 Å². The van der Waals surface area contributed by atoms with Crippen LogP contribution < -0.4 is 0 Å². The summed E-state index contributed by atoms with van der Waals surface area (Å²) in [6.45, 7) is 6.63. The average molecular weight is 928 g/mol. The summed E-state index contributed by atoms with van der Waals surface area (Å²) in [6, 6.07) is 0. The van der Waals surface area contributed by atoms with E-state index in [9.17, 15) is 14.4 Å². The molecular formula is C60H110O6. The first-order valence-electron chi connectivity index (χ1n) is 29.0. The smallest absolute Gasteiger partial charge is 0.306 e. The van der Waals surface area contributed by atoms with Crippen LogP contribution in [0.15, 0.2) is 36.5 Å². The van der Waals surface area contributed by atoms with Gasteiger partial charge in [0, 0.05) is 19.3 Å². The zero-order valence-electron chi connectivity index (χ0n) is 44.2. The number of esters is 3. The van der Waals surface area contributed by atoms with Gasteiger partial charge in [0.05, 0.1) is 0 Å². The van der Waals surface area contributed by atoms with Crippen molar-refractivity contribution < 1.29 is 28.6 Å². The van der Waals surface area contributed by atoms with Gasteiger partial charge < -0.3 is 14.2 Å². The number of hydrogen-bond acceptors (Lipinski definition) is 6. The molecule has 0 radical (unpaired) electrons. The summed E-state index contributed by atoms with van der Waals surface area (Å²) in [5.41, 5.74) is 0. The van der Waals surface area contributed by atoms with Crippen LogP contribution in [0.5, 0.6) is 0 Å². The van der Waals surface area contributed by atoms with Crippen LogP contribution in [-0.4, -0.2) is 37.2 Å². The maximum absolute atomic E-state index is 12.8. The fourth-order valence-electron chi connectivity index (χ4n) is 8.52. The van der Waals surface area contributed by atoms with Gasteiger partial charge in [-0.05, 0) is 51.4 Å². The third kappa shape index (κ3) is 52.6. The highest BCUT2D eigenvalue weighted by Gasteiger charge is 2.19.